The minimum atomic E-state index is -3.56. The number of nitrogens with one attached hydrogen (secondary N) is 2. The Kier molecular flexibility index (Phi) is 8.01. The molecule has 0 radical (unpaired) electrons. The maximum absolute atomic E-state index is 14.1. The fourth-order valence-electron chi connectivity index (χ4n) is 3.00. The van der Waals surface area contributed by atoms with Gasteiger partial charge in [-0.05, 0) is 31.4 Å². The van der Waals surface area contributed by atoms with Crippen molar-refractivity contribution >= 4 is 52.0 Å². The average molecular weight is 501 g/mol. The maximum Gasteiger partial charge on any atom is 0.299 e. The van der Waals surface area contributed by atoms with Crippen molar-refractivity contribution in [1.82, 2.24) is 19.9 Å². The summed E-state index contributed by atoms with van der Waals surface area (Å²) < 4.78 is 26.5. The van der Waals surface area contributed by atoms with Crippen molar-refractivity contribution < 1.29 is 14.1 Å². The third-order valence-electron chi connectivity index (χ3n) is 4.28. The number of aromatic nitrogens is 4. The quantitative estimate of drug-likeness (QED) is 0.156. The largest absolute Gasteiger partial charge is 0.394 e. The van der Waals surface area contributed by atoms with Crippen molar-refractivity contribution in [1.29, 1.82) is 0 Å². The first kappa shape index (κ1) is 24.7. The first-order chi connectivity index (χ1) is 15.1. The summed E-state index contributed by atoms with van der Waals surface area (Å²) in [5, 5.41) is 15.8. The molecule has 0 saturated carbocycles. The molecule has 3 rings (SSSR count). The van der Waals surface area contributed by atoms with E-state index in [1.165, 1.54) is 30.1 Å². The van der Waals surface area contributed by atoms with E-state index in [0.717, 1.165) is 11.3 Å². The molecule has 174 valence electrons. The lowest BCUT2D eigenvalue weighted by atomic mass is 10.0. The van der Waals surface area contributed by atoms with E-state index in [4.69, 9.17) is 11.0 Å². The molecule has 7 N–H and O–H groups in total. The van der Waals surface area contributed by atoms with Gasteiger partial charge in [0.1, 0.15) is 10.5 Å². The fraction of sp³-hybridized carbons (Fsp3) is 0.444. The van der Waals surface area contributed by atoms with Gasteiger partial charge >= 0.3 is 0 Å². The summed E-state index contributed by atoms with van der Waals surface area (Å²) in [6.07, 6.45) is 2.24. The molecule has 0 bridgehead atoms. The molecule has 0 aliphatic rings. The smallest absolute Gasteiger partial charge is 0.299 e. The van der Waals surface area contributed by atoms with Crippen LogP contribution in [-0.4, -0.2) is 37.7 Å². The van der Waals surface area contributed by atoms with Crippen LogP contribution in [0.3, 0.4) is 0 Å². The van der Waals surface area contributed by atoms with Crippen molar-refractivity contribution in [2.45, 2.75) is 43.6 Å². The van der Waals surface area contributed by atoms with Crippen LogP contribution in [0.2, 0.25) is 0 Å². The zero-order valence-electron chi connectivity index (χ0n) is 17.8. The number of thiazole rings is 1. The number of hydrogen-bond donors (Lipinski definition) is 5. The highest BCUT2D eigenvalue weighted by Gasteiger charge is 2.22. The monoisotopic (exact) mass is 500 g/mol. The Labute approximate surface area is 193 Å². The molecule has 1 unspecified atom stereocenters. The van der Waals surface area contributed by atoms with E-state index in [1.807, 2.05) is 0 Å². The number of nitrogens with two attached hydrogens (primary N) is 2. The third kappa shape index (κ3) is 6.56. The predicted molar refractivity (Wildman–Crippen MR) is 127 cm³/mol. The van der Waals surface area contributed by atoms with E-state index in [9.17, 15) is 14.1 Å². The van der Waals surface area contributed by atoms with Crippen LogP contribution in [0.5, 0.6) is 0 Å². The number of aliphatic hydroxyl groups is 1. The van der Waals surface area contributed by atoms with E-state index < -0.39 is 13.4 Å². The second-order valence-corrected chi connectivity index (χ2v) is 11.6. The van der Waals surface area contributed by atoms with Crippen molar-refractivity contribution in [2.75, 3.05) is 17.0 Å². The summed E-state index contributed by atoms with van der Waals surface area (Å²) in [7, 11) is -3.56. The number of hydrogen-bond acceptors (Lipinski definition) is 9. The highest BCUT2D eigenvalue weighted by molar-refractivity contribution is 7.99. The lowest BCUT2D eigenvalue weighted by Gasteiger charge is -2.19. The Bertz CT molecular complexity index is 1130. The van der Waals surface area contributed by atoms with Gasteiger partial charge in [0.05, 0.1) is 23.6 Å². The lowest BCUT2D eigenvalue weighted by Crippen LogP contribution is -2.26. The molecular weight excluding hydrogens is 474 g/mol. The molecule has 3 heterocycles. The molecule has 32 heavy (non-hydrogen) atoms. The molecule has 0 spiro atoms. The van der Waals surface area contributed by atoms with Crippen LogP contribution < -0.4 is 21.4 Å². The summed E-state index contributed by atoms with van der Waals surface area (Å²) in [5.74, 6) is 0.392. The minimum Gasteiger partial charge on any atom is -0.394 e. The highest BCUT2D eigenvalue weighted by Crippen LogP contribution is 2.39. The Morgan fingerprint density at radius 2 is 2.03 bits per heavy atom. The van der Waals surface area contributed by atoms with Gasteiger partial charge in [-0.2, -0.15) is 4.98 Å². The summed E-state index contributed by atoms with van der Waals surface area (Å²) in [6.45, 7) is 5.82. The minimum absolute atomic E-state index is 0.0909. The molecule has 2 atom stereocenters. The van der Waals surface area contributed by atoms with Crippen molar-refractivity contribution in [3.05, 3.63) is 29.8 Å². The van der Waals surface area contributed by atoms with Crippen LogP contribution in [0.25, 0.3) is 10.3 Å². The Morgan fingerprint density at radius 3 is 2.66 bits per heavy atom. The van der Waals surface area contributed by atoms with Crippen LogP contribution in [0.15, 0.2) is 23.5 Å². The van der Waals surface area contributed by atoms with E-state index in [-0.39, 0.29) is 28.7 Å². The summed E-state index contributed by atoms with van der Waals surface area (Å²) in [6, 6.07) is 2.64. The molecular formula is C18H26FN8O2PS2. The lowest BCUT2D eigenvalue weighted by molar-refractivity contribution is 0.259. The second kappa shape index (κ2) is 10.4. The Balaban J connectivity index is 1.99. The number of nitrogens with zero attached hydrogens (tertiary/aromatic N) is 4. The topological polar surface area (TPSA) is 165 Å². The molecule has 0 saturated heterocycles. The van der Waals surface area contributed by atoms with Crippen molar-refractivity contribution in [2.24, 2.45) is 16.9 Å². The number of rotatable bonds is 10. The van der Waals surface area contributed by atoms with Crippen LogP contribution >= 0.6 is 30.7 Å². The summed E-state index contributed by atoms with van der Waals surface area (Å²) >= 11 is 2.37. The van der Waals surface area contributed by atoms with Crippen molar-refractivity contribution in [3.63, 3.8) is 0 Å². The first-order valence-corrected chi connectivity index (χ1v) is 13.4. The zero-order valence-corrected chi connectivity index (χ0v) is 20.3. The van der Waals surface area contributed by atoms with E-state index in [2.05, 4.69) is 44.2 Å². The molecule has 3 aromatic rings. The zero-order chi connectivity index (χ0) is 23.5. The molecule has 3 aromatic heterocycles. The standard InChI is InChI=1S/C18H26FN8O2PS2/c1-9(2)7-11(8-28)23-15-14-16(26-18(32-14)27-30(20,21)29)25-17(24-15)31-10(3)13-12(19)5-4-6-22-13/h4-6,9-11,28H,7-8H2,1-3H3,(H6,20,21,23,24,25,26,27,29)/t10?,11-/m1/s1. The van der Waals surface area contributed by atoms with E-state index in [0.29, 0.717) is 33.7 Å². The Hall–Kier alpha value is -1.89. The number of pyridine rings is 1. The predicted octanol–water partition coefficient (Wildman–Crippen LogP) is 3.73. The number of halogens is 1. The summed E-state index contributed by atoms with van der Waals surface area (Å²) in [4.78, 5) is 17.5. The van der Waals surface area contributed by atoms with Gasteiger partial charge in [0, 0.05) is 6.20 Å². The third-order valence-corrected chi connectivity index (χ3v) is 6.92. The van der Waals surface area contributed by atoms with Gasteiger partial charge in [-0.1, -0.05) is 36.9 Å². The van der Waals surface area contributed by atoms with Gasteiger partial charge in [-0.15, -0.1) is 0 Å². The van der Waals surface area contributed by atoms with Gasteiger partial charge in [0.25, 0.3) is 7.59 Å². The normalized spacial score (nSPS) is 14.0. The molecule has 0 aliphatic carbocycles. The van der Waals surface area contributed by atoms with Gasteiger partial charge in [-0.25, -0.2) is 14.4 Å². The number of anilines is 2. The molecule has 0 fully saturated rings. The maximum atomic E-state index is 14.1. The number of aliphatic hydroxyl groups excluding tert-OH is 1. The highest BCUT2D eigenvalue weighted by atomic mass is 32.2. The molecule has 14 heteroatoms. The Morgan fingerprint density at radius 1 is 1.28 bits per heavy atom. The SMILES string of the molecule is CC(C)C[C@H](CO)Nc1nc(SC(C)c2ncccc2F)nc2nc(NP(N)(N)=O)sc12. The van der Waals surface area contributed by atoms with E-state index >= 15 is 0 Å². The van der Waals surface area contributed by atoms with Gasteiger partial charge in [-0.3, -0.25) is 25.6 Å². The second-order valence-electron chi connectivity index (χ2n) is 7.63. The van der Waals surface area contributed by atoms with Gasteiger partial charge in [0.2, 0.25) is 0 Å². The fourth-order valence-corrected chi connectivity index (χ4v) is 5.56. The van der Waals surface area contributed by atoms with E-state index in [1.54, 1.807) is 6.92 Å². The first-order valence-electron chi connectivity index (χ1n) is 9.84. The van der Waals surface area contributed by atoms with Gasteiger partial charge < -0.3 is 10.4 Å². The average Bonchev–Trinajstić information content (AvgIpc) is 3.08. The van der Waals surface area contributed by atoms with Gasteiger partial charge in [0.15, 0.2) is 21.8 Å². The van der Waals surface area contributed by atoms with Crippen LogP contribution in [-0.2, 0) is 4.57 Å². The molecule has 0 aromatic carbocycles. The summed E-state index contributed by atoms with van der Waals surface area (Å²) in [5.41, 5.74) is 11.5. The molecule has 0 amide bonds. The van der Waals surface area contributed by atoms with Crippen molar-refractivity contribution in [3.8, 4) is 0 Å². The molecule has 10 nitrogen and oxygen atoms in total. The molecule has 0 aliphatic heterocycles. The number of fused-ring (bicyclic) bond motifs is 1. The van der Waals surface area contributed by atoms with Crippen LogP contribution in [0, 0.1) is 11.7 Å². The van der Waals surface area contributed by atoms with Crippen LogP contribution in [0.1, 0.15) is 38.1 Å². The van der Waals surface area contributed by atoms with Crippen LogP contribution in [0.4, 0.5) is 15.3 Å². The number of thioether (sulfide) groups is 1.